The van der Waals surface area contributed by atoms with Crippen LogP contribution >= 0.6 is 0 Å². The van der Waals surface area contributed by atoms with E-state index >= 15 is 0 Å². The Morgan fingerprint density at radius 1 is 0.348 bits per heavy atom. The van der Waals surface area contributed by atoms with Gasteiger partial charge in [-0.2, -0.15) is 0 Å². The van der Waals surface area contributed by atoms with Gasteiger partial charge in [0.05, 0.1) is 0 Å². The molecule has 9 rings (SSSR count). The average Bonchev–Trinajstić information content (AvgIpc) is 3.52. The lowest BCUT2D eigenvalue weighted by Crippen LogP contribution is -2.09. The van der Waals surface area contributed by atoms with Crippen LogP contribution in [0, 0.1) is 0 Å². The van der Waals surface area contributed by atoms with Gasteiger partial charge in [-0.3, -0.25) is 0 Å². The van der Waals surface area contributed by atoms with Gasteiger partial charge in [-0.05, 0) is 93.0 Å². The molecule has 1 heterocycles. The largest absolute Gasteiger partial charge is 0.455 e. The summed E-state index contributed by atoms with van der Waals surface area (Å²) in [6.07, 6.45) is 0. The molecule has 0 N–H and O–H groups in total. The number of benzene rings is 8. The van der Waals surface area contributed by atoms with Crippen LogP contribution in [0.4, 0.5) is 17.1 Å². The number of nitrogens with zero attached hydrogens (tertiary/aromatic N) is 1. The van der Waals surface area contributed by atoms with Gasteiger partial charge in [-0.25, -0.2) is 0 Å². The van der Waals surface area contributed by atoms with E-state index in [2.05, 4.69) is 169 Å². The molecule has 216 valence electrons. The smallest absolute Gasteiger partial charge is 0.143 e. The minimum absolute atomic E-state index is 0.922. The first-order valence-electron chi connectivity index (χ1n) is 15.7. The second kappa shape index (κ2) is 10.8. The standard InChI is InChI=1S/C44H29NO/c1-2-11-35(12-3-1)45(36-23-19-31(20-24-36)34-18-17-30-9-4-5-10-33(30)29-34)37-25-21-32(22-26-37)38-14-8-15-41-39(38)27-28-42-40-13-6-7-16-43(40)46-44(41)42/h1-29H. The molecule has 0 aliphatic carbocycles. The summed E-state index contributed by atoms with van der Waals surface area (Å²) in [7, 11) is 0. The van der Waals surface area contributed by atoms with Crippen molar-refractivity contribution in [2.24, 2.45) is 0 Å². The third-order valence-electron chi connectivity index (χ3n) is 9.06. The van der Waals surface area contributed by atoms with Crippen LogP contribution in [0.1, 0.15) is 0 Å². The first-order valence-corrected chi connectivity index (χ1v) is 15.7. The molecule has 0 spiro atoms. The van der Waals surface area contributed by atoms with E-state index in [0.29, 0.717) is 0 Å². The van der Waals surface area contributed by atoms with E-state index in [1.165, 1.54) is 38.4 Å². The summed E-state index contributed by atoms with van der Waals surface area (Å²) in [6, 6.07) is 62.7. The number of hydrogen-bond donors (Lipinski definition) is 0. The van der Waals surface area contributed by atoms with Crippen LogP contribution < -0.4 is 4.90 Å². The molecule has 9 aromatic rings. The highest BCUT2D eigenvalue weighted by Crippen LogP contribution is 2.40. The van der Waals surface area contributed by atoms with Crippen LogP contribution in [-0.4, -0.2) is 0 Å². The Labute approximate surface area is 267 Å². The first-order chi connectivity index (χ1) is 22.8. The number of para-hydroxylation sites is 2. The van der Waals surface area contributed by atoms with E-state index in [1.807, 2.05) is 12.1 Å². The highest BCUT2D eigenvalue weighted by molar-refractivity contribution is 6.17. The Balaban J connectivity index is 1.09. The van der Waals surface area contributed by atoms with Crippen LogP contribution in [0.25, 0.3) is 65.7 Å². The molecule has 0 unspecified atom stereocenters. The van der Waals surface area contributed by atoms with Crippen molar-refractivity contribution in [3.8, 4) is 22.3 Å². The summed E-state index contributed by atoms with van der Waals surface area (Å²) in [4.78, 5) is 2.31. The van der Waals surface area contributed by atoms with Gasteiger partial charge in [0.15, 0.2) is 0 Å². The van der Waals surface area contributed by atoms with Crippen molar-refractivity contribution in [1.82, 2.24) is 0 Å². The quantitative estimate of drug-likeness (QED) is 0.199. The van der Waals surface area contributed by atoms with E-state index in [-0.39, 0.29) is 0 Å². The molecule has 1 aromatic heterocycles. The summed E-state index contributed by atoms with van der Waals surface area (Å²) in [6.45, 7) is 0. The summed E-state index contributed by atoms with van der Waals surface area (Å²) in [5.41, 5.74) is 9.98. The normalized spacial score (nSPS) is 11.5. The lowest BCUT2D eigenvalue weighted by atomic mass is 9.96. The molecule has 8 aromatic carbocycles. The van der Waals surface area contributed by atoms with E-state index in [1.54, 1.807) is 0 Å². The fourth-order valence-electron chi connectivity index (χ4n) is 6.78. The maximum Gasteiger partial charge on any atom is 0.143 e. The van der Waals surface area contributed by atoms with Crippen molar-refractivity contribution < 1.29 is 4.42 Å². The van der Waals surface area contributed by atoms with Gasteiger partial charge >= 0.3 is 0 Å². The van der Waals surface area contributed by atoms with Crippen LogP contribution in [0.5, 0.6) is 0 Å². The first kappa shape index (κ1) is 26.3. The summed E-state index contributed by atoms with van der Waals surface area (Å²) < 4.78 is 6.35. The number of anilines is 3. The van der Waals surface area contributed by atoms with Crippen LogP contribution in [-0.2, 0) is 0 Å². The number of fused-ring (bicyclic) bond motifs is 6. The van der Waals surface area contributed by atoms with Crippen molar-refractivity contribution in [3.05, 3.63) is 176 Å². The molecule has 2 heteroatoms. The zero-order valence-corrected chi connectivity index (χ0v) is 25.1. The minimum Gasteiger partial charge on any atom is -0.455 e. The maximum absolute atomic E-state index is 6.35. The van der Waals surface area contributed by atoms with Crippen LogP contribution in [0.15, 0.2) is 180 Å². The number of rotatable bonds is 5. The molecule has 2 nitrogen and oxygen atoms in total. The highest BCUT2D eigenvalue weighted by Gasteiger charge is 2.15. The Bertz CT molecular complexity index is 2510. The SMILES string of the molecule is c1ccc(N(c2ccc(-c3ccc4ccccc4c3)cc2)c2ccc(-c3cccc4c3ccc3c5ccccc5oc43)cc2)cc1. The highest BCUT2D eigenvalue weighted by atomic mass is 16.3. The van der Waals surface area contributed by atoms with Gasteiger partial charge < -0.3 is 9.32 Å². The summed E-state index contributed by atoms with van der Waals surface area (Å²) in [5.74, 6) is 0. The van der Waals surface area contributed by atoms with Gasteiger partial charge in [-0.15, -0.1) is 0 Å². The third kappa shape index (κ3) is 4.43. The summed E-state index contributed by atoms with van der Waals surface area (Å²) in [5, 5.41) is 7.14. The Kier molecular flexibility index (Phi) is 6.17. The molecule has 0 bridgehead atoms. The van der Waals surface area contributed by atoms with Gasteiger partial charge in [-0.1, -0.05) is 121 Å². The molecule has 0 saturated carbocycles. The zero-order chi connectivity index (χ0) is 30.5. The fourth-order valence-corrected chi connectivity index (χ4v) is 6.78. The minimum atomic E-state index is 0.922. The monoisotopic (exact) mass is 587 g/mol. The molecule has 0 saturated heterocycles. The van der Waals surface area contributed by atoms with E-state index in [9.17, 15) is 0 Å². The van der Waals surface area contributed by atoms with Crippen molar-refractivity contribution in [2.45, 2.75) is 0 Å². The Hall–Kier alpha value is -6.12. The van der Waals surface area contributed by atoms with Gasteiger partial charge in [0.1, 0.15) is 11.2 Å². The van der Waals surface area contributed by atoms with E-state index in [0.717, 1.165) is 44.4 Å². The van der Waals surface area contributed by atoms with Crippen molar-refractivity contribution in [1.29, 1.82) is 0 Å². The van der Waals surface area contributed by atoms with Crippen molar-refractivity contribution in [2.75, 3.05) is 4.90 Å². The second-order valence-electron chi connectivity index (χ2n) is 11.8. The number of hydrogen-bond acceptors (Lipinski definition) is 2. The van der Waals surface area contributed by atoms with Gasteiger partial charge in [0, 0.05) is 33.2 Å². The van der Waals surface area contributed by atoms with Crippen molar-refractivity contribution >= 4 is 60.5 Å². The van der Waals surface area contributed by atoms with Gasteiger partial charge in [0.2, 0.25) is 0 Å². The molecular weight excluding hydrogens is 558 g/mol. The number of furan rings is 1. The summed E-state index contributed by atoms with van der Waals surface area (Å²) >= 11 is 0. The van der Waals surface area contributed by atoms with Crippen LogP contribution in [0.2, 0.25) is 0 Å². The molecule has 0 atom stereocenters. The predicted molar refractivity (Wildman–Crippen MR) is 194 cm³/mol. The zero-order valence-electron chi connectivity index (χ0n) is 25.1. The molecular formula is C44H29NO. The second-order valence-corrected chi connectivity index (χ2v) is 11.8. The van der Waals surface area contributed by atoms with E-state index in [4.69, 9.17) is 4.42 Å². The van der Waals surface area contributed by atoms with Crippen molar-refractivity contribution in [3.63, 3.8) is 0 Å². The molecule has 0 fully saturated rings. The lowest BCUT2D eigenvalue weighted by molar-refractivity contribution is 0.672. The maximum atomic E-state index is 6.35. The topological polar surface area (TPSA) is 16.4 Å². The molecule has 0 radical (unpaired) electrons. The van der Waals surface area contributed by atoms with Crippen LogP contribution in [0.3, 0.4) is 0 Å². The molecule has 0 aliphatic rings. The molecule has 46 heavy (non-hydrogen) atoms. The fraction of sp³-hybridized carbons (Fsp3) is 0. The van der Waals surface area contributed by atoms with E-state index < -0.39 is 0 Å². The van der Waals surface area contributed by atoms with Gasteiger partial charge in [0.25, 0.3) is 0 Å². The third-order valence-corrected chi connectivity index (χ3v) is 9.06. The Morgan fingerprint density at radius 3 is 1.74 bits per heavy atom. The molecule has 0 amide bonds. The average molecular weight is 588 g/mol. The lowest BCUT2D eigenvalue weighted by Gasteiger charge is -2.26. The predicted octanol–water partition coefficient (Wildman–Crippen LogP) is 12.7. The Morgan fingerprint density at radius 2 is 0.935 bits per heavy atom. The molecule has 0 aliphatic heterocycles.